The maximum absolute atomic E-state index is 12.0. The summed E-state index contributed by atoms with van der Waals surface area (Å²) in [7, 11) is 0. The van der Waals surface area contributed by atoms with Crippen molar-refractivity contribution in [3.8, 4) is 0 Å². The van der Waals surface area contributed by atoms with E-state index >= 15 is 0 Å². The second kappa shape index (κ2) is 4.93. The fourth-order valence-electron chi connectivity index (χ4n) is 2.31. The first-order chi connectivity index (χ1) is 9.22. The van der Waals surface area contributed by atoms with Crippen LogP contribution in [-0.4, -0.2) is 21.3 Å². The molecule has 5 nitrogen and oxygen atoms in total. The van der Waals surface area contributed by atoms with Crippen LogP contribution in [0.15, 0.2) is 29.1 Å². The summed E-state index contributed by atoms with van der Waals surface area (Å²) in [6, 6.07) is 7.50. The van der Waals surface area contributed by atoms with Crippen LogP contribution < -0.4 is 10.9 Å². The van der Waals surface area contributed by atoms with Crippen molar-refractivity contribution < 1.29 is 0 Å². The van der Waals surface area contributed by atoms with Gasteiger partial charge in [-0.15, -0.1) is 0 Å². The molecule has 2 aromatic heterocycles. The van der Waals surface area contributed by atoms with E-state index in [1.165, 1.54) is 4.68 Å². The van der Waals surface area contributed by atoms with Gasteiger partial charge in [0.25, 0.3) is 5.56 Å². The molecule has 19 heavy (non-hydrogen) atoms. The molecular formula is C14H16N4O. The molecule has 98 valence electrons. The van der Waals surface area contributed by atoms with Gasteiger partial charge in [-0.3, -0.25) is 9.78 Å². The van der Waals surface area contributed by atoms with Crippen LogP contribution in [0.3, 0.4) is 0 Å². The van der Waals surface area contributed by atoms with Gasteiger partial charge in [0, 0.05) is 31.3 Å². The van der Waals surface area contributed by atoms with Crippen LogP contribution in [0.1, 0.15) is 22.6 Å². The largest absolute Gasteiger partial charge is 0.312 e. The second-order valence-corrected chi connectivity index (χ2v) is 4.81. The summed E-state index contributed by atoms with van der Waals surface area (Å²) in [6.07, 6.45) is 0.872. The predicted octanol–water partition coefficient (Wildman–Crippen LogP) is 0.641. The van der Waals surface area contributed by atoms with Gasteiger partial charge < -0.3 is 5.32 Å². The van der Waals surface area contributed by atoms with Gasteiger partial charge in [-0.1, -0.05) is 6.07 Å². The van der Waals surface area contributed by atoms with Gasteiger partial charge in [0.15, 0.2) is 0 Å². The Labute approximate surface area is 111 Å². The SMILES string of the molecule is Cc1cccc(Cn2nc3c(cc2=O)CNCC3)n1. The standard InChI is InChI=1S/C14H16N4O/c1-10-3-2-4-12(16-10)9-18-14(19)7-11-8-15-6-5-13(11)17-18/h2-4,7,15H,5-6,8-9H2,1H3. The Hall–Kier alpha value is -2.01. The number of nitrogens with zero attached hydrogens (tertiary/aromatic N) is 3. The summed E-state index contributed by atoms with van der Waals surface area (Å²) in [5.41, 5.74) is 3.79. The Morgan fingerprint density at radius 3 is 3.16 bits per heavy atom. The molecule has 0 unspecified atom stereocenters. The van der Waals surface area contributed by atoms with Crippen LogP contribution in [0.4, 0.5) is 0 Å². The number of aryl methyl sites for hydroxylation is 1. The molecule has 5 heteroatoms. The molecule has 2 aromatic rings. The van der Waals surface area contributed by atoms with E-state index in [9.17, 15) is 4.79 Å². The first kappa shape index (κ1) is 12.0. The highest BCUT2D eigenvalue weighted by Crippen LogP contribution is 2.08. The Morgan fingerprint density at radius 2 is 2.32 bits per heavy atom. The molecule has 0 fully saturated rings. The van der Waals surface area contributed by atoms with Crippen LogP contribution in [0.2, 0.25) is 0 Å². The lowest BCUT2D eigenvalue weighted by Crippen LogP contribution is -2.32. The molecule has 1 aliphatic heterocycles. The quantitative estimate of drug-likeness (QED) is 0.856. The average molecular weight is 256 g/mol. The van der Waals surface area contributed by atoms with Crippen molar-refractivity contribution >= 4 is 0 Å². The van der Waals surface area contributed by atoms with Crippen molar-refractivity contribution in [2.45, 2.75) is 26.4 Å². The summed E-state index contributed by atoms with van der Waals surface area (Å²) in [6.45, 7) is 4.03. The van der Waals surface area contributed by atoms with Crippen LogP contribution in [0.5, 0.6) is 0 Å². The molecule has 0 saturated heterocycles. The normalized spacial score (nSPS) is 14.2. The van der Waals surface area contributed by atoms with E-state index in [-0.39, 0.29) is 5.56 Å². The van der Waals surface area contributed by atoms with Crippen molar-refractivity contribution in [3.63, 3.8) is 0 Å². The number of rotatable bonds is 2. The number of hydrogen-bond acceptors (Lipinski definition) is 4. The maximum atomic E-state index is 12.0. The molecule has 1 N–H and O–H groups in total. The minimum absolute atomic E-state index is 0.0641. The van der Waals surface area contributed by atoms with E-state index in [0.29, 0.717) is 6.54 Å². The summed E-state index contributed by atoms with van der Waals surface area (Å²) in [5, 5.41) is 7.71. The molecule has 0 spiro atoms. The fourth-order valence-corrected chi connectivity index (χ4v) is 2.31. The van der Waals surface area contributed by atoms with Gasteiger partial charge in [0.05, 0.1) is 17.9 Å². The molecule has 0 radical (unpaired) electrons. The molecule has 3 heterocycles. The van der Waals surface area contributed by atoms with Gasteiger partial charge in [-0.2, -0.15) is 5.10 Å². The maximum Gasteiger partial charge on any atom is 0.267 e. The summed E-state index contributed by atoms with van der Waals surface area (Å²) < 4.78 is 1.51. The van der Waals surface area contributed by atoms with E-state index in [2.05, 4.69) is 15.4 Å². The lowest BCUT2D eigenvalue weighted by Gasteiger charge is -2.16. The Kier molecular flexibility index (Phi) is 3.13. The van der Waals surface area contributed by atoms with E-state index in [0.717, 1.165) is 42.2 Å². The third-order valence-corrected chi connectivity index (χ3v) is 3.28. The lowest BCUT2D eigenvalue weighted by atomic mass is 10.1. The predicted molar refractivity (Wildman–Crippen MR) is 72.0 cm³/mol. The number of fused-ring (bicyclic) bond motifs is 1. The first-order valence-electron chi connectivity index (χ1n) is 6.45. The van der Waals surface area contributed by atoms with Crippen molar-refractivity contribution in [3.05, 3.63) is 57.3 Å². The van der Waals surface area contributed by atoms with Gasteiger partial charge in [0.2, 0.25) is 0 Å². The van der Waals surface area contributed by atoms with Crippen LogP contribution >= 0.6 is 0 Å². The Balaban J connectivity index is 1.95. The zero-order valence-electron chi connectivity index (χ0n) is 10.9. The molecule has 0 bridgehead atoms. The molecular weight excluding hydrogens is 240 g/mol. The van der Waals surface area contributed by atoms with E-state index in [1.54, 1.807) is 6.07 Å². The van der Waals surface area contributed by atoms with Crippen LogP contribution in [0, 0.1) is 6.92 Å². The highest BCUT2D eigenvalue weighted by molar-refractivity contribution is 5.20. The van der Waals surface area contributed by atoms with Gasteiger partial charge >= 0.3 is 0 Å². The van der Waals surface area contributed by atoms with Gasteiger partial charge in [-0.25, -0.2) is 4.68 Å². The lowest BCUT2D eigenvalue weighted by molar-refractivity contribution is 0.558. The number of nitrogens with one attached hydrogen (secondary N) is 1. The summed E-state index contributed by atoms with van der Waals surface area (Å²) in [5.74, 6) is 0. The third kappa shape index (κ3) is 2.56. The Morgan fingerprint density at radius 1 is 1.42 bits per heavy atom. The van der Waals surface area contributed by atoms with E-state index in [4.69, 9.17) is 0 Å². The molecule has 0 atom stereocenters. The minimum Gasteiger partial charge on any atom is -0.312 e. The molecule has 1 aliphatic rings. The Bertz CT molecular complexity index is 663. The van der Waals surface area contributed by atoms with Crippen molar-refractivity contribution in [2.75, 3.05) is 6.54 Å². The van der Waals surface area contributed by atoms with Crippen LogP contribution in [-0.2, 0) is 19.5 Å². The smallest absolute Gasteiger partial charge is 0.267 e. The third-order valence-electron chi connectivity index (χ3n) is 3.28. The van der Waals surface area contributed by atoms with Crippen molar-refractivity contribution in [1.82, 2.24) is 20.1 Å². The zero-order chi connectivity index (χ0) is 13.2. The van der Waals surface area contributed by atoms with Crippen molar-refractivity contribution in [1.29, 1.82) is 0 Å². The summed E-state index contributed by atoms with van der Waals surface area (Å²) >= 11 is 0. The molecule has 0 saturated carbocycles. The minimum atomic E-state index is -0.0641. The van der Waals surface area contributed by atoms with Gasteiger partial charge in [0.1, 0.15) is 0 Å². The first-order valence-corrected chi connectivity index (χ1v) is 6.45. The number of hydrogen-bond donors (Lipinski definition) is 1. The molecule has 0 aliphatic carbocycles. The highest BCUT2D eigenvalue weighted by Gasteiger charge is 2.13. The zero-order valence-corrected chi connectivity index (χ0v) is 10.9. The molecule has 0 aromatic carbocycles. The molecule has 0 amide bonds. The number of aromatic nitrogens is 3. The number of pyridine rings is 1. The topological polar surface area (TPSA) is 59.8 Å². The second-order valence-electron chi connectivity index (χ2n) is 4.81. The van der Waals surface area contributed by atoms with E-state index in [1.807, 2.05) is 25.1 Å². The molecule has 3 rings (SSSR count). The van der Waals surface area contributed by atoms with Crippen LogP contribution in [0.25, 0.3) is 0 Å². The van der Waals surface area contributed by atoms with Crippen molar-refractivity contribution in [2.24, 2.45) is 0 Å². The highest BCUT2D eigenvalue weighted by atomic mass is 16.1. The monoisotopic (exact) mass is 256 g/mol. The van der Waals surface area contributed by atoms with Gasteiger partial charge in [-0.05, 0) is 24.6 Å². The van der Waals surface area contributed by atoms with E-state index < -0.39 is 0 Å². The average Bonchev–Trinajstić information content (AvgIpc) is 2.40. The fraction of sp³-hybridized carbons (Fsp3) is 0.357. The summed E-state index contributed by atoms with van der Waals surface area (Å²) in [4.78, 5) is 16.4.